The first kappa shape index (κ1) is 61.6. The molecule has 0 fully saturated rings. The van der Waals surface area contributed by atoms with Crippen LogP contribution in [-0.2, 0) is 14.3 Å². The number of allylic oxidation sites excluding steroid dienone is 10. The van der Waals surface area contributed by atoms with Gasteiger partial charge in [-0.25, -0.2) is 0 Å². The van der Waals surface area contributed by atoms with Crippen molar-refractivity contribution < 1.29 is 24.5 Å². The van der Waals surface area contributed by atoms with E-state index in [0.29, 0.717) is 19.3 Å². The van der Waals surface area contributed by atoms with E-state index in [2.05, 4.69) is 62.5 Å². The van der Waals surface area contributed by atoms with Crippen molar-refractivity contribution in [2.75, 3.05) is 6.61 Å². The number of rotatable bonds is 49. The predicted octanol–water partition coefficient (Wildman–Crippen LogP) is 16.8. The number of aliphatic hydroxyl groups excluding tert-OH is 2. The van der Waals surface area contributed by atoms with Gasteiger partial charge in [-0.2, -0.15) is 0 Å². The first-order valence-corrected chi connectivity index (χ1v) is 27.6. The van der Waals surface area contributed by atoms with Crippen LogP contribution >= 0.6 is 0 Å². The van der Waals surface area contributed by atoms with Crippen LogP contribution in [0.1, 0.15) is 271 Å². The molecule has 0 spiro atoms. The van der Waals surface area contributed by atoms with Crippen molar-refractivity contribution >= 4 is 11.9 Å². The van der Waals surface area contributed by atoms with Gasteiger partial charge in [-0.15, -0.1) is 0 Å². The zero-order valence-electron chi connectivity index (χ0n) is 42.4. The molecule has 3 N–H and O–H groups in total. The fourth-order valence-corrected chi connectivity index (χ4v) is 8.29. The summed E-state index contributed by atoms with van der Waals surface area (Å²) in [5, 5.41) is 23.8. The minimum absolute atomic E-state index is 0.0680. The molecule has 3 unspecified atom stereocenters. The van der Waals surface area contributed by atoms with E-state index in [1.54, 1.807) is 0 Å². The Morgan fingerprint density at radius 3 is 1.27 bits per heavy atom. The molecule has 0 aliphatic carbocycles. The van der Waals surface area contributed by atoms with Gasteiger partial charge >= 0.3 is 5.97 Å². The van der Waals surface area contributed by atoms with Gasteiger partial charge in [0, 0.05) is 6.42 Å². The number of carbonyl (C=O) groups excluding carboxylic acids is 2. The number of unbranched alkanes of at least 4 members (excludes halogenated alkanes) is 31. The first-order valence-electron chi connectivity index (χ1n) is 27.6. The number of esters is 1. The van der Waals surface area contributed by atoms with Crippen molar-refractivity contribution in [3.63, 3.8) is 0 Å². The number of nitrogens with one attached hydrogen (secondary N) is 1. The lowest BCUT2D eigenvalue weighted by Crippen LogP contribution is -2.46. The Morgan fingerprint density at radius 2 is 0.828 bits per heavy atom. The molecule has 64 heavy (non-hydrogen) atoms. The van der Waals surface area contributed by atoms with Gasteiger partial charge in [-0.3, -0.25) is 9.59 Å². The van der Waals surface area contributed by atoms with Gasteiger partial charge in [0.05, 0.1) is 25.2 Å². The Labute approximate surface area is 397 Å². The Bertz CT molecular complexity index is 1140. The molecular weight excluding hydrogens is 791 g/mol. The molecule has 0 aliphatic heterocycles. The quantitative estimate of drug-likeness (QED) is 0.0321. The molecule has 6 nitrogen and oxygen atoms in total. The highest BCUT2D eigenvalue weighted by Crippen LogP contribution is 2.18. The number of ether oxygens (including phenoxy) is 1. The fourth-order valence-electron chi connectivity index (χ4n) is 8.29. The van der Waals surface area contributed by atoms with Gasteiger partial charge in [-0.1, -0.05) is 274 Å². The number of hydrogen-bond acceptors (Lipinski definition) is 5. The second-order valence-corrected chi connectivity index (χ2v) is 18.8. The number of amides is 1. The van der Waals surface area contributed by atoms with Crippen molar-refractivity contribution in [2.45, 2.75) is 289 Å². The normalized spacial score (nSPS) is 13.6. The van der Waals surface area contributed by atoms with E-state index < -0.39 is 18.2 Å². The molecule has 0 heterocycles. The summed E-state index contributed by atoms with van der Waals surface area (Å²) in [5.74, 6) is -0.495. The van der Waals surface area contributed by atoms with Crippen LogP contribution in [0.5, 0.6) is 0 Å². The van der Waals surface area contributed by atoms with Crippen LogP contribution < -0.4 is 5.32 Å². The van der Waals surface area contributed by atoms with Crippen molar-refractivity contribution in [2.24, 2.45) is 0 Å². The molecule has 0 aromatic rings. The van der Waals surface area contributed by atoms with Gasteiger partial charge in [0.1, 0.15) is 6.10 Å². The van der Waals surface area contributed by atoms with Crippen molar-refractivity contribution in [1.82, 2.24) is 5.32 Å². The number of aliphatic hydroxyl groups is 2. The zero-order chi connectivity index (χ0) is 46.7. The van der Waals surface area contributed by atoms with E-state index in [0.717, 1.165) is 77.0 Å². The summed E-state index contributed by atoms with van der Waals surface area (Å²) in [7, 11) is 0. The van der Waals surface area contributed by atoms with E-state index in [1.807, 2.05) is 24.3 Å². The van der Waals surface area contributed by atoms with Crippen LogP contribution in [0, 0.1) is 0 Å². The highest BCUT2D eigenvalue weighted by atomic mass is 16.5. The Morgan fingerprint density at radius 1 is 0.453 bits per heavy atom. The molecule has 0 rings (SSSR count). The van der Waals surface area contributed by atoms with E-state index in [1.165, 1.54) is 148 Å². The molecule has 0 aromatic carbocycles. The minimum Gasteiger partial charge on any atom is -0.462 e. The molecule has 0 saturated heterocycles. The Hall–Kier alpha value is -2.44. The summed E-state index contributed by atoms with van der Waals surface area (Å²) in [5.41, 5.74) is 0. The van der Waals surface area contributed by atoms with Crippen molar-refractivity contribution in [3.05, 3.63) is 60.8 Å². The SMILES string of the molecule is CCC/C=C/C=C/C=C/C=C/C=C/CCCCCCCC(=O)OC(CCCCCCCCCCCCC)CC(=O)NC(CO)C(O)CCCCCCCCCCCCCCCCCC. The first-order chi connectivity index (χ1) is 31.5. The van der Waals surface area contributed by atoms with E-state index >= 15 is 0 Å². The zero-order valence-corrected chi connectivity index (χ0v) is 42.4. The molecule has 6 heteroatoms. The summed E-state index contributed by atoms with van der Waals surface area (Å²) in [6.45, 7) is 6.41. The topological polar surface area (TPSA) is 95.9 Å². The van der Waals surface area contributed by atoms with Crippen LogP contribution in [0.4, 0.5) is 0 Å². The third-order valence-electron chi connectivity index (χ3n) is 12.5. The maximum Gasteiger partial charge on any atom is 0.306 e. The molecule has 0 saturated carbocycles. The Kier molecular flexibility index (Phi) is 49.6. The van der Waals surface area contributed by atoms with E-state index in [-0.39, 0.29) is 24.9 Å². The second kappa shape index (κ2) is 51.5. The molecule has 0 aromatic heterocycles. The molecular formula is C58H105NO5. The third kappa shape index (κ3) is 46.1. The molecule has 1 amide bonds. The van der Waals surface area contributed by atoms with Gasteiger partial charge in [0.15, 0.2) is 0 Å². The number of carbonyl (C=O) groups is 2. The van der Waals surface area contributed by atoms with Crippen LogP contribution in [0.15, 0.2) is 60.8 Å². The minimum atomic E-state index is -0.792. The summed E-state index contributed by atoms with van der Waals surface area (Å²) in [4.78, 5) is 26.2. The van der Waals surface area contributed by atoms with Crippen LogP contribution in [0.3, 0.4) is 0 Å². The number of hydrogen-bond donors (Lipinski definition) is 3. The largest absolute Gasteiger partial charge is 0.462 e. The second-order valence-electron chi connectivity index (χ2n) is 18.8. The van der Waals surface area contributed by atoms with E-state index in [9.17, 15) is 19.8 Å². The van der Waals surface area contributed by atoms with Gasteiger partial charge in [-0.05, 0) is 44.9 Å². The fraction of sp³-hybridized carbons (Fsp3) is 0.793. The molecule has 0 bridgehead atoms. The lowest BCUT2D eigenvalue weighted by Gasteiger charge is -2.24. The molecule has 3 atom stereocenters. The highest BCUT2D eigenvalue weighted by Gasteiger charge is 2.24. The summed E-state index contributed by atoms with van der Waals surface area (Å²) in [6, 6.07) is -0.707. The monoisotopic (exact) mass is 896 g/mol. The smallest absolute Gasteiger partial charge is 0.306 e. The maximum atomic E-state index is 13.2. The molecule has 0 radical (unpaired) electrons. The average Bonchev–Trinajstić information content (AvgIpc) is 3.29. The molecule has 0 aliphatic rings. The van der Waals surface area contributed by atoms with Gasteiger partial charge < -0.3 is 20.3 Å². The predicted molar refractivity (Wildman–Crippen MR) is 278 cm³/mol. The summed E-state index contributed by atoms with van der Waals surface area (Å²) in [6.07, 6.45) is 64.2. The van der Waals surface area contributed by atoms with Gasteiger partial charge in [0.25, 0.3) is 0 Å². The van der Waals surface area contributed by atoms with Crippen molar-refractivity contribution in [1.29, 1.82) is 0 Å². The Balaban J connectivity index is 4.53. The average molecular weight is 896 g/mol. The molecule has 372 valence electrons. The summed E-state index contributed by atoms with van der Waals surface area (Å²) >= 11 is 0. The maximum absolute atomic E-state index is 13.2. The summed E-state index contributed by atoms with van der Waals surface area (Å²) < 4.78 is 5.93. The van der Waals surface area contributed by atoms with Crippen LogP contribution in [0.2, 0.25) is 0 Å². The van der Waals surface area contributed by atoms with E-state index in [4.69, 9.17) is 4.74 Å². The van der Waals surface area contributed by atoms with Crippen LogP contribution in [-0.4, -0.2) is 46.9 Å². The lowest BCUT2D eigenvalue weighted by molar-refractivity contribution is -0.151. The van der Waals surface area contributed by atoms with Gasteiger partial charge in [0.2, 0.25) is 5.91 Å². The third-order valence-corrected chi connectivity index (χ3v) is 12.5. The standard InChI is InChI=1S/C58H105NO5/c1-4-7-10-13-16-19-22-24-26-28-29-31-33-36-39-42-45-48-51-58(63)64-54(49-46-43-40-37-34-21-18-15-12-9-6-3)52-57(62)59-55(53-60)56(61)50-47-44-41-38-35-32-30-27-25-23-20-17-14-11-8-5-2/h10,13,16,19,22,24,26,28-29,31,54-56,60-61H,4-9,11-12,14-15,17-18,20-21,23,25,27,30,32-53H2,1-3H3,(H,59,62)/b13-10+,19-16+,24-22+,28-26+,31-29+. The lowest BCUT2D eigenvalue weighted by atomic mass is 10.0. The van der Waals surface area contributed by atoms with Crippen molar-refractivity contribution in [3.8, 4) is 0 Å². The van der Waals surface area contributed by atoms with Crippen LogP contribution in [0.25, 0.3) is 0 Å². The highest BCUT2D eigenvalue weighted by molar-refractivity contribution is 5.77.